The lowest BCUT2D eigenvalue weighted by Crippen LogP contribution is -1.91. The number of aromatic amines is 1. The third-order valence-corrected chi connectivity index (χ3v) is 4.35. The van der Waals surface area contributed by atoms with Crippen molar-refractivity contribution in [3.63, 3.8) is 0 Å². The number of H-pyrrole nitrogens is 1. The summed E-state index contributed by atoms with van der Waals surface area (Å²) in [6, 6.07) is 20.0. The quantitative estimate of drug-likeness (QED) is 0.528. The van der Waals surface area contributed by atoms with Crippen LogP contribution in [0.2, 0.25) is 0 Å². The highest BCUT2D eigenvalue weighted by Gasteiger charge is 2.04. The number of nitrogens with one attached hydrogen (secondary N) is 1. The molecule has 0 aliphatic carbocycles. The lowest BCUT2D eigenvalue weighted by atomic mass is 10.0. The first-order chi connectivity index (χ1) is 11.8. The fraction of sp³-hybridized carbons (Fsp3) is 0.0952. The van der Waals surface area contributed by atoms with Crippen LogP contribution in [0.3, 0.4) is 0 Å². The maximum absolute atomic E-state index is 10.1. The molecule has 0 amide bonds. The molecule has 4 rings (SSSR count). The van der Waals surface area contributed by atoms with Gasteiger partial charge in [-0.05, 0) is 34.9 Å². The summed E-state index contributed by atoms with van der Waals surface area (Å²) >= 11 is 0. The molecule has 2 N–H and O–H groups in total. The fourth-order valence-corrected chi connectivity index (χ4v) is 3.10. The van der Waals surface area contributed by atoms with Crippen molar-refractivity contribution in [1.29, 1.82) is 0 Å². The minimum absolute atomic E-state index is 0.268. The number of benzene rings is 3. The number of para-hydroxylation sites is 1. The minimum atomic E-state index is 0.268. The Morgan fingerprint density at radius 2 is 1.71 bits per heavy atom. The van der Waals surface area contributed by atoms with E-state index in [2.05, 4.69) is 34.4 Å². The molecule has 3 heteroatoms. The standard InChI is InChI=1S/C21H18N2O/c24-21-10-9-15-5-1-2-6-17(15)19(21)14-22-12-11-16-13-23-20-8-4-3-7-18(16)20/h1-10,13-14,23-24H,11-12H2. The minimum Gasteiger partial charge on any atom is -0.507 e. The van der Waals surface area contributed by atoms with Crippen molar-refractivity contribution in [2.24, 2.45) is 4.99 Å². The molecule has 0 saturated heterocycles. The number of fused-ring (bicyclic) bond motifs is 2. The lowest BCUT2D eigenvalue weighted by molar-refractivity contribution is 0.475. The van der Waals surface area contributed by atoms with Crippen molar-refractivity contribution in [3.8, 4) is 5.75 Å². The van der Waals surface area contributed by atoms with Crippen LogP contribution in [-0.4, -0.2) is 22.8 Å². The van der Waals surface area contributed by atoms with Gasteiger partial charge in [0, 0.05) is 35.4 Å². The Hall–Kier alpha value is -3.07. The van der Waals surface area contributed by atoms with E-state index >= 15 is 0 Å². The van der Waals surface area contributed by atoms with Crippen molar-refractivity contribution in [1.82, 2.24) is 4.98 Å². The number of aliphatic imine (C=N–C) groups is 1. The van der Waals surface area contributed by atoms with Crippen LogP contribution in [0.25, 0.3) is 21.7 Å². The summed E-state index contributed by atoms with van der Waals surface area (Å²) in [5.74, 6) is 0.268. The maximum Gasteiger partial charge on any atom is 0.124 e. The van der Waals surface area contributed by atoms with E-state index in [1.165, 1.54) is 10.9 Å². The third-order valence-electron chi connectivity index (χ3n) is 4.35. The Bertz CT molecular complexity index is 1030. The van der Waals surface area contributed by atoms with Gasteiger partial charge in [-0.25, -0.2) is 0 Å². The second-order valence-corrected chi connectivity index (χ2v) is 5.86. The molecule has 0 fully saturated rings. The van der Waals surface area contributed by atoms with Gasteiger partial charge in [0.25, 0.3) is 0 Å². The predicted octanol–water partition coefficient (Wildman–Crippen LogP) is 4.69. The fourth-order valence-electron chi connectivity index (χ4n) is 3.10. The van der Waals surface area contributed by atoms with Crippen molar-refractivity contribution in [2.45, 2.75) is 6.42 Å². The van der Waals surface area contributed by atoms with E-state index in [9.17, 15) is 5.11 Å². The van der Waals surface area contributed by atoms with Crippen LogP contribution in [0.4, 0.5) is 0 Å². The van der Waals surface area contributed by atoms with Crippen molar-refractivity contribution < 1.29 is 5.11 Å². The summed E-state index contributed by atoms with van der Waals surface area (Å²) in [6.45, 7) is 0.685. The molecule has 0 unspecified atom stereocenters. The van der Waals surface area contributed by atoms with Gasteiger partial charge in [-0.15, -0.1) is 0 Å². The summed E-state index contributed by atoms with van der Waals surface area (Å²) < 4.78 is 0. The van der Waals surface area contributed by atoms with Crippen molar-refractivity contribution in [2.75, 3.05) is 6.54 Å². The number of hydrogen-bond donors (Lipinski definition) is 2. The molecule has 118 valence electrons. The third kappa shape index (κ3) is 2.65. The summed E-state index contributed by atoms with van der Waals surface area (Å²) in [5.41, 5.74) is 3.21. The van der Waals surface area contributed by atoms with Crippen molar-refractivity contribution in [3.05, 3.63) is 78.0 Å². The smallest absolute Gasteiger partial charge is 0.124 e. The molecule has 3 nitrogen and oxygen atoms in total. The number of aromatic hydroxyl groups is 1. The highest BCUT2D eigenvalue weighted by Crippen LogP contribution is 2.25. The molecular formula is C21H18N2O. The van der Waals surface area contributed by atoms with E-state index in [-0.39, 0.29) is 5.75 Å². The molecule has 0 aliphatic heterocycles. The molecule has 0 atom stereocenters. The van der Waals surface area contributed by atoms with Crippen LogP contribution in [0.5, 0.6) is 5.75 Å². The van der Waals surface area contributed by atoms with Crippen LogP contribution >= 0.6 is 0 Å². The number of nitrogens with zero attached hydrogens (tertiary/aromatic N) is 1. The monoisotopic (exact) mass is 314 g/mol. The Labute approximate surface area is 140 Å². The van der Waals surface area contributed by atoms with Crippen LogP contribution in [0, 0.1) is 0 Å². The van der Waals surface area contributed by atoms with Gasteiger partial charge >= 0.3 is 0 Å². The van der Waals surface area contributed by atoms with Gasteiger partial charge < -0.3 is 10.1 Å². The Balaban J connectivity index is 1.55. The number of hydrogen-bond acceptors (Lipinski definition) is 2. The molecule has 3 aromatic carbocycles. The van der Waals surface area contributed by atoms with Crippen molar-refractivity contribution >= 4 is 27.9 Å². The molecule has 0 saturated carbocycles. The normalized spacial score (nSPS) is 11.7. The van der Waals surface area contributed by atoms with Crippen LogP contribution in [0.1, 0.15) is 11.1 Å². The van der Waals surface area contributed by atoms with Crippen LogP contribution < -0.4 is 0 Å². The summed E-state index contributed by atoms with van der Waals surface area (Å²) in [7, 11) is 0. The highest BCUT2D eigenvalue weighted by molar-refractivity contribution is 6.02. The summed E-state index contributed by atoms with van der Waals surface area (Å²) in [6.07, 6.45) is 4.70. The van der Waals surface area contributed by atoms with E-state index in [1.54, 1.807) is 12.3 Å². The Morgan fingerprint density at radius 3 is 2.62 bits per heavy atom. The average molecular weight is 314 g/mol. The largest absolute Gasteiger partial charge is 0.507 e. The first-order valence-electron chi connectivity index (χ1n) is 8.08. The van der Waals surface area contributed by atoms with E-state index < -0.39 is 0 Å². The maximum atomic E-state index is 10.1. The van der Waals surface area contributed by atoms with Gasteiger partial charge in [0.1, 0.15) is 5.75 Å². The second kappa shape index (κ2) is 6.20. The molecule has 0 spiro atoms. The molecule has 0 aliphatic rings. The van der Waals surface area contributed by atoms with Gasteiger partial charge in [0.05, 0.1) is 0 Å². The molecule has 4 aromatic rings. The van der Waals surface area contributed by atoms with Gasteiger partial charge in [-0.3, -0.25) is 4.99 Å². The van der Waals surface area contributed by atoms with Crippen LogP contribution in [0.15, 0.2) is 71.9 Å². The first kappa shape index (κ1) is 14.5. The summed E-state index contributed by atoms with van der Waals surface area (Å²) in [5, 5.41) is 13.5. The van der Waals surface area contributed by atoms with Gasteiger partial charge in [0.2, 0.25) is 0 Å². The van der Waals surface area contributed by atoms with E-state index in [0.29, 0.717) is 6.54 Å². The predicted molar refractivity (Wildman–Crippen MR) is 100 cm³/mol. The molecule has 24 heavy (non-hydrogen) atoms. The molecule has 0 bridgehead atoms. The van der Waals surface area contributed by atoms with E-state index in [4.69, 9.17) is 0 Å². The topological polar surface area (TPSA) is 48.4 Å². The van der Waals surface area contributed by atoms with Crippen LogP contribution in [-0.2, 0) is 6.42 Å². The lowest BCUT2D eigenvalue weighted by Gasteiger charge is -2.04. The molecule has 1 heterocycles. The molecule has 1 aromatic heterocycles. The van der Waals surface area contributed by atoms with E-state index in [0.717, 1.165) is 28.3 Å². The Kier molecular flexibility index (Phi) is 3.75. The van der Waals surface area contributed by atoms with Gasteiger partial charge in [-0.2, -0.15) is 0 Å². The number of rotatable bonds is 4. The highest BCUT2D eigenvalue weighted by atomic mass is 16.3. The Morgan fingerprint density at radius 1 is 0.917 bits per heavy atom. The van der Waals surface area contributed by atoms with Gasteiger partial charge in [-0.1, -0.05) is 48.5 Å². The molecule has 0 radical (unpaired) electrons. The molecular weight excluding hydrogens is 296 g/mol. The zero-order valence-electron chi connectivity index (χ0n) is 13.2. The average Bonchev–Trinajstić information content (AvgIpc) is 3.03. The zero-order chi connectivity index (χ0) is 16.4. The SMILES string of the molecule is Oc1ccc2ccccc2c1C=NCCc1c[nH]c2ccccc12. The second-order valence-electron chi connectivity index (χ2n) is 5.86. The zero-order valence-corrected chi connectivity index (χ0v) is 13.2. The number of phenolic OH excluding ortho intramolecular Hbond substituents is 1. The first-order valence-corrected chi connectivity index (χ1v) is 8.08. The van der Waals surface area contributed by atoms with E-state index in [1.807, 2.05) is 36.4 Å². The number of aromatic nitrogens is 1. The number of phenols is 1. The summed E-state index contributed by atoms with van der Waals surface area (Å²) in [4.78, 5) is 7.82. The van der Waals surface area contributed by atoms with Gasteiger partial charge in [0.15, 0.2) is 0 Å².